The van der Waals surface area contributed by atoms with Crippen molar-refractivity contribution in [2.75, 3.05) is 39.3 Å². The van der Waals surface area contributed by atoms with Crippen LogP contribution in [-0.4, -0.2) is 90.5 Å². The minimum absolute atomic E-state index is 0.0389. The number of halogens is 3. The minimum atomic E-state index is -5.08. The number of ether oxygens (including phenoxy) is 1. The van der Waals surface area contributed by atoms with Gasteiger partial charge in [-0.3, -0.25) is 14.4 Å². The number of hydrogen-bond acceptors (Lipinski definition) is 6. The molecule has 0 spiro atoms. The number of carbonyl (C=O) groups excluding carboxylic acids is 2. The maximum absolute atomic E-state index is 12.4. The van der Waals surface area contributed by atoms with Crippen LogP contribution >= 0.6 is 0 Å². The predicted molar refractivity (Wildman–Crippen MR) is 108 cm³/mol. The van der Waals surface area contributed by atoms with Gasteiger partial charge in [0.2, 0.25) is 11.8 Å². The van der Waals surface area contributed by atoms with E-state index in [0.29, 0.717) is 19.5 Å². The van der Waals surface area contributed by atoms with E-state index in [1.54, 1.807) is 4.90 Å². The molecule has 0 unspecified atom stereocenters. The van der Waals surface area contributed by atoms with Crippen LogP contribution in [0.4, 0.5) is 13.2 Å². The Hall–Kier alpha value is -2.85. The quantitative estimate of drug-likeness (QED) is 0.376. The maximum Gasteiger partial charge on any atom is 0.490 e. The Labute approximate surface area is 188 Å². The lowest BCUT2D eigenvalue weighted by Gasteiger charge is -2.32. The van der Waals surface area contributed by atoms with E-state index >= 15 is 0 Å². The number of alkyl halides is 3. The molecule has 186 valence electrons. The molecule has 2 atom stereocenters. The van der Waals surface area contributed by atoms with Crippen molar-refractivity contribution in [3.8, 4) is 12.3 Å². The van der Waals surface area contributed by atoms with E-state index in [4.69, 9.17) is 26.2 Å². The van der Waals surface area contributed by atoms with E-state index in [9.17, 15) is 27.6 Å². The van der Waals surface area contributed by atoms with Crippen LogP contribution in [0.15, 0.2) is 0 Å². The molecule has 0 bridgehead atoms. The van der Waals surface area contributed by atoms with E-state index in [0.717, 1.165) is 32.4 Å². The second kappa shape index (κ2) is 13.6. The highest BCUT2D eigenvalue weighted by molar-refractivity contribution is 5.82. The highest BCUT2D eigenvalue weighted by atomic mass is 19.4. The van der Waals surface area contributed by atoms with E-state index in [2.05, 4.69) is 16.6 Å². The molecule has 2 saturated heterocycles. The molecular formula is C20H28F3N3O7. The third-order valence-corrected chi connectivity index (χ3v) is 5.10. The second-order valence-electron chi connectivity index (χ2n) is 7.54. The number of carboxylic acids is 2. The van der Waals surface area contributed by atoms with Gasteiger partial charge in [-0.1, -0.05) is 5.92 Å². The van der Waals surface area contributed by atoms with Crippen molar-refractivity contribution < 1.29 is 47.3 Å². The first-order valence-electron chi connectivity index (χ1n) is 10.3. The number of aliphatic carboxylic acids is 2. The molecule has 0 aromatic rings. The van der Waals surface area contributed by atoms with E-state index < -0.39 is 24.0 Å². The second-order valence-corrected chi connectivity index (χ2v) is 7.54. The van der Waals surface area contributed by atoms with Gasteiger partial charge in [-0.2, -0.15) is 13.2 Å². The summed E-state index contributed by atoms with van der Waals surface area (Å²) in [5.74, 6) is -3.51. The molecule has 2 aliphatic heterocycles. The Morgan fingerprint density at radius 1 is 1.18 bits per heavy atom. The molecule has 0 saturated carbocycles. The SMILES string of the molecule is C#C[C@@H](CNC(=O)[C@@H]1CCCN(C(=O)COC2CCNCC2)C1)C(=O)O.O=C(O)C(F)(F)F. The number of terminal acetylenes is 1. The smallest absolute Gasteiger partial charge is 0.480 e. The van der Waals surface area contributed by atoms with Crippen molar-refractivity contribution in [1.82, 2.24) is 15.5 Å². The van der Waals surface area contributed by atoms with Crippen LogP contribution in [0.5, 0.6) is 0 Å². The van der Waals surface area contributed by atoms with Crippen molar-refractivity contribution in [3.63, 3.8) is 0 Å². The molecule has 33 heavy (non-hydrogen) atoms. The van der Waals surface area contributed by atoms with Crippen LogP contribution < -0.4 is 10.6 Å². The average Bonchev–Trinajstić information content (AvgIpc) is 2.78. The van der Waals surface area contributed by atoms with Gasteiger partial charge in [-0.05, 0) is 38.8 Å². The summed E-state index contributed by atoms with van der Waals surface area (Å²) in [6.45, 7) is 2.68. The Morgan fingerprint density at radius 2 is 1.79 bits per heavy atom. The molecule has 0 aromatic heterocycles. The van der Waals surface area contributed by atoms with Crippen LogP contribution in [0.25, 0.3) is 0 Å². The largest absolute Gasteiger partial charge is 0.490 e. The average molecular weight is 479 g/mol. The van der Waals surface area contributed by atoms with Gasteiger partial charge < -0.3 is 30.5 Å². The number of carboxylic acid groups (broad SMARTS) is 2. The third-order valence-electron chi connectivity index (χ3n) is 5.10. The van der Waals surface area contributed by atoms with E-state index in [1.165, 1.54) is 0 Å². The van der Waals surface area contributed by atoms with Crippen LogP contribution in [0.2, 0.25) is 0 Å². The molecular weight excluding hydrogens is 451 g/mol. The number of rotatable bonds is 7. The van der Waals surface area contributed by atoms with Crippen molar-refractivity contribution >= 4 is 23.8 Å². The van der Waals surface area contributed by atoms with Crippen LogP contribution in [0.3, 0.4) is 0 Å². The standard InChI is InChI=1S/C18H27N3O5.C2HF3O2/c1-2-13(18(24)25)10-20-17(23)14-4-3-9-21(11-14)16(22)12-26-15-5-7-19-8-6-15;3-2(4,5)1(6)7/h1,13-15,19H,3-12H2,(H,20,23)(H,24,25);(H,6,7)/t13-,14+;/m0./s1. The summed E-state index contributed by atoms with van der Waals surface area (Å²) in [5.41, 5.74) is 0. The van der Waals surface area contributed by atoms with Crippen molar-refractivity contribution in [2.45, 2.75) is 38.0 Å². The zero-order valence-corrected chi connectivity index (χ0v) is 17.9. The van der Waals surface area contributed by atoms with Crippen molar-refractivity contribution in [1.29, 1.82) is 0 Å². The highest BCUT2D eigenvalue weighted by Crippen LogP contribution is 2.18. The lowest BCUT2D eigenvalue weighted by molar-refractivity contribution is -0.192. The Bertz CT molecular complexity index is 733. The van der Waals surface area contributed by atoms with E-state index in [-0.39, 0.29) is 37.0 Å². The minimum Gasteiger partial charge on any atom is -0.480 e. The van der Waals surface area contributed by atoms with Crippen molar-refractivity contribution in [3.05, 3.63) is 0 Å². The molecule has 2 aliphatic rings. The van der Waals surface area contributed by atoms with Crippen LogP contribution in [0, 0.1) is 24.2 Å². The van der Waals surface area contributed by atoms with Crippen molar-refractivity contribution in [2.24, 2.45) is 11.8 Å². The fourth-order valence-corrected chi connectivity index (χ4v) is 3.22. The predicted octanol–water partition coefficient (Wildman–Crippen LogP) is 0.0771. The molecule has 0 radical (unpaired) electrons. The van der Waals surface area contributed by atoms with Gasteiger partial charge in [0.15, 0.2) is 0 Å². The molecule has 13 heteroatoms. The summed E-state index contributed by atoms with van der Waals surface area (Å²) in [7, 11) is 0. The van der Waals surface area contributed by atoms with Gasteiger partial charge >= 0.3 is 18.1 Å². The monoisotopic (exact) mass is 479 g/mol. The number of nitrogens with zero attached hydrogens (tertiary/aromatic N) is 1. The zero-order valence-electron chi connectivity index (χ0n) is 17.9. The number of likely N-dealkylation sites (tertiary alicyclic amines) is 1. The Morgan fingerprint density at radius 3 is 2.30 bits per heavy atom. The lowest BCUT2D eigenvalue weighted by atomic mass is 9.96. The first-order chi connectivity index (χ1) is 15.5. The fraction of sp³-hybridized carbons (Fsp3) is 0.700. The summed E-state index contributed by atoms with van der Waals surface area (Å²) in [5, 5.41) is 21.9. The molecule has 4 N–H and O–H groups in total. The molecule has 0 aromatic carbocycles. The maximum atomic E-state index is 12.4. The fourth-order valence-electron chi connectivity index (χ4n) is 3.22. The number of amides is 2. The van der Waals surface area contributed by atoms with Crippen LogP contribution in [0.1, 0.15) is 25.7 Å². The first kappa shape index (κ1) is 28.2. The number of piperidine rings is 2. The summed E-state index contributed by atoms with van der Waals surface area (Å²) in [4.78, 5) is 46.1. The Kier molecular flexibility index (Phi) is 11.7. The summed E-state index contributed by atoms with van der Waals surface area (Å²) in [6.07, 6.45) is 3.37. The summed E-state index contributed by atoms with van der Waals surface area (Å²) in [6, 6.07) is 0. The third kappa shape index (κ3) is 10.5. The molecule has 2 amide bonds. The zero-order chi connectivity index (χ0) is 25.0. The van der Waals surface area contributed by atoms with Gasteiger partial charge in [-0.15, -0.1) is 6.42 Å². The molecule has 2 rings (SSSR count). The van der Waals surface area contributed by atoms with Gasteiger partial charge in [0.1, 0.15) is 12.5 Å². The number of carbonyl (C=O) groups is 4. The molecule has 0 aliphatic carbocycles. The van der Waals surface area contributed by atoms with Gasteiger partial charge in [-0.25, -0.2) is 4.79 Å². The highest BCUT2D eigenvalue weighted by Gasteiger charge is 2.38. The Balaban J connectivity index is 0.000000675. The normalized spacial score (nSPS) is 19.9. The molecule has 10 nitrogen and oxygen atoms in total. The number of hydrogen-bond donors (Lipinski definition) is 4. The molecule has 2 heterocycles. The van der Waals surface area contributed by atoms with Gasteiger partial charge in [0.05, 0.1) is 12.0 Å². The van der Waals surface area contributed by atoms with Gasteiger partial charge in [0, 0.05) is 19.6 Å². The van der Waals surface area contributed by atoms with Gasteiger partial charge in [0.25, 0.3) is 0 Å². The van der Waals surface area contributed by atoms with Crippen LogP contribution in [-0.2, 0) is 23.9 Å². The lowest BCUT2D eigenvalue weighted by Crippen LogP contribution is -2.47. The summed E-state index contributed by atoms with van der Waals surface area (Å²) < 4.78 is 37.4. The van der Waals surface area contributed by atoms with E-state index in [1.807, 2.05) is 0 Å². The topological polar surface area (TPSA) is 145 Å². The summed E-state index contributed by atoms with van der Waals surface area (Å²) >= 11 is 0. The first-order valence-corrected chi connectivity index (χ1v) is 10.3. The molecule has 2 fully saturated rings. The number of nitrogens with one attached hydrogen (secondary N) is 2.